The van der Waals surface area contributed by atoms with E-state index in [0.717, 1.165) is 12.8 Å². The zero-order valence-electron chi connectivity index (χ0n) is 9.95. The van der Waals surface area contributed by atoms with Gasteiger partial charge in [0.15, 0.2) is 0 Å². The smallest absolute Gasteiger partial charge is 0.317 e. The number of hydrogen-bond acceptors (Lipinski definition) is 2. The number of carboxylic acids is 1. The van der Waals surface area contributed by atoms with E-state index in [1.54, 1.807) is 7.05 Å². The first-order valence-corrected chi connectivity index (χ1v) is 5.74. The van der Waals surface area contributed by atoms with E-state index in [-0.39, 0.29) is 12.6 Å². The van der Waals surface area contributed by atoms with E-state index < -0.39 is 11.4 Å². The molecule has 1 fully saturated rings. The average Bonchev–Trinajstić information content (AvgIpc) is 2.74. The molecule has 5 nitrogen and oxygen atoms in total. The van der Waals surface area contributed by atoms with Crippen LogP contribution in [0.15, 0.2) is 0 Å². The van der Waals surface area contributed by atoms with Crippen molar-refractivity contribution in [1.29, 1.82) is 0 Å². The molecule has 1 aliphatic carbocycles. The van der Waals surface area contributed by atoms with Crippen LogP contribution >= 0.6 is 0 Å². The minimum atomic E-state index is -0.788. The molecule has 5 heteroatoms. The first-order chi connectivity index (χ1) is 7.52. The van der Waals surface area contributed by atoms with E-state index in [1.807, 2.05) is 6.92 Å². The molecule has 2 N–H and O–H groups in total. The molecule has 1 rings (SSSR count). The molecule has 1 aliphatic rings. The van der Waals surface area contributed by atoms with Gasteiger partial charge in [0.1, 0.15) is 0 Å². The lowest BCUT2D eigenvalue weighted by molar-refractivity contribution is -0.148. The summed E-state index contributed by atoms with van der Waals surface area (Å²) in [5, 5.41) is 11.9. The Morgan fingerprint density at radius 2 is 1.94 bits per heavy atom. The molecule has 0 bridgehead atoms. The molecule has 0 aromatic carbocycles. The number of nitrogens with zero attached hydrogens (tertiary/aromatic N) is 1. The summed E-state index contributed by atoms with van der Waals surface area (Å²) in [6.07, 6.45) is 3.20. The number of carbonyl (C=O) groups is 2. The molecule has 1 saturated carbocycles. The molecular formula is C11H20N2O3. The molecule has 0 atom stereocenters. The number of nitrogens with one attached hydrogen (secondary N) is 1. The Morgan fingerprint density at radius 1 is 1.38 bits per heavy atom. The number of amides is 2. The first kappa shape index (κ1) is 12.8. The van der Waals surface area contributed by atoms with E-state index in [9.17, 15) is 14.7 Å². The van der Waals surface area contributed by atoms with Crippen LogP contribution in [0.2, 0.25) is 0 Å². The normalized spacial score (nSPS) is 18.1. The van der Waals surface area contributed by atoms with Crippen LogP contribution in [-0.4, -0.2) is 42.1 Å². The van der Waals surface area contributed by atoms with E-state index in [0.29, 0.717) is 19.4 Å². The van der Waals surface area contributed by atoms with Gasteiger partial charge in [0.05, 0.1) is 5.41 Å². The fourth-order valence-corrected chi connectivity index (χ4v) is 2.04. The maximum absolute atomic E-state index is 11.5. The topological polar surface area (TPSA) is 69.6 Å². The van der Waals surface area contributed by atoms with Crippen LogP contribution in [-0.2, 0) is 4.79 Å². The van der Waals surface area contributed by atoms with Crippen LogP contribution < -0.4 is 5.32 Å². The van der Waals surface area contributed by atoms with Gasteiger partial charge in [0, 0.05) is 20.1 Å². The van der Waals surface area contributed by atoms with Crippen molar-refractivity contribution in [3.8, 4) is 0 Å². The average molecular weight is 228 g/mol. The Labute approximate surface area is 95.8 Å². The molecule has 0 saturated heterocycles. The van der Waals surface area contributed by atoms with Crippen LogP contribution in [0.5, 0.6) is 0 Å². The predicted octanol–water partition coefficient (Wildman–Crippen LogP) is 1.29. The van der Waals surface area contributed by atoms with Crippen LogP contribution in [0.25, 0.3) is 0 Å². The molecule has 0 spiro atoms. The van der Waals surface area contributed by atoms with Gasteiger partial charge in [-0.15, -0.1) is 0 Å². The summed E-state index contributed by atoms with van der Waals surface area (Å²) in [7, 11) is 1.69. The van der Waals surface area contributed by atoms with Gasteiger partial charge < -0.3 is 15.3 Å². The van der Waals surface area contributed by atoms with E-state index in [2.05, 4.69) is 5.32 Å². The van der Waals surface area contributed by atoms with Gasteiger partial charge in [0.2, 0.25) is 0 Å². The largest absolute Gasteiger partial charge is 0.481 e. The Balaban J connectivity index is 2.51. The summed E-state index contributed by atoms with van der Waals surface area (Å²) in [5.41, 5.74) is -0.732. The van der Waals surface area contributed by atoms with Gasteiger partial charge in [-0.05, 0) is 19.8 Å². The van der Waals surface area contributed by atoms with E-state index in [4.69, 9.17) is 0 Å². The number of aliphatic carboxylic acids is 1. The zero-order valence-corrected chi connectivity index (χ0v) is 9.95. The molecule has 0 aromatic rings. The highest BCUT2D eigenvalue weighted by molar-refractivity contribution is 5.78. The molecule has 0 aromatic heterocycles. The van der Waals surface area contributed by atoms with Gasteiger partial charge in [-0.3, -0.25) is 4.79 Å². The second-order valence-electron chi connectivity index (χ2n) is 4.47. The van der Waals surface area contributed by atoms with Crippen LogP contribution in [0.3, 0.4) is 0 Å². The standard InChI is InChI=1S/C11H20N2O3/c1-3-13(2)10(16)12-8-11(9(14)15)6-4-5-7-11/h3-8H2,1-2H3,(H,12,16)(H,14,15). The van der Waals surface area contributed by atoms with Gasteiger partial charge >= 0.3 is 12.0 Å². The molecular weight excluding hydrogens is 208 g/mol. The lowest BCUT2D eigenvalue weighted by Crippen LogP contribution is -2.45. The molecule has 0 unspecified atom stereocenters. The minimum absolute atomic E-state index is 0.199. The van der Waals surface area contributed by atoms with Gasteiger partial charge in [0.25, 0.3) is 0 Å². The summed E-state index contributed by atoms with van der Waals surface area (Å²) >= 11 is 0. The highest BCUT2D eigenvalue weighted by atomic mass is 16.4. The van der Waals surface area contributed by atoms with Crippen molar-refractivity contribution in [3.63, 3.8) is 0 Å². The molecule has 0 aliphatic heterocycles. The highest BCUT2D eigenvalue weighted by Gasteiger charge is 2.41. The second-order valence-corrected chi connectivity index (χ2v) is 4.47. The highest BCUT2D eigenvalue weighted by Crippen LogP contribution is 2.37. The number of hydrogen-bond donors (Lipinski definition) is 2. The van der Waals surface area contributed by atoms with Crippen molar-refractivity contribution in [2.24, 2.45) is 5.41 Å². The number of carbonyl (C=O) groups excluding carboxylic acids is 1. The summed E-state index contributed by atoms with van der Waals surface area (Å²) in [4.78, 5) is 24.3. The third-order valence-corrected chi connectivity index (χ3v) is 3.41. The monoisotopic (exact) mass is 228 g/mol. The van der Waals surface area contributed by atoms with Gasteiger partial charge in [-0.2, -0.15) is 0 Å². The van der Waals surface area contributed by atoms with Crippen molar-refractivity contribution in [1.82, 2.24) is 10.2 Å². The fourth-order valence-electron chi connectivity index (χ4n) is 2.04. The Hall–Kier alpha value is -1.26. The Morgan fingerprint density at radius 3 is 2.38 bits per heavy atom. The molecule has 92 valence electrons. The first-order valence-electron chi connectivity index (χ1n) is 5.74. The van der Waals surface area contributed by atoms with Crippen molar-refractivity contribution in [3.05, 3.63) is 0 Å². The summed E-state index contributed by atoms with van der Waals surface area (Å²) in [5.74, 6) is -0.788. The number of carboxylic acid groups (broad SMARTS) is 1. The molecule has 0 heterocycles. The van der Waals surface area contributed by atoms with Gasteiger partial charge in [-0.1, -0.05) is 12.8 Å². The van der Waals surface area contributed by atoms with Crippen LogP contribution in [0.1, 0.15) is 32.6 Å². The lowest BCUT2D eigenvalue weighted by atomic mass is 9.86. The Bertz CT molecular complexity index is 272. The van der Waals surface area contributed by atoms with Crippen molar-refractivity contribution in [2.45, 2.75) is 32.6 Å². The quantitative estimate of drug-likeness (QED) is 0.761. The summed E-state index contributed by atoms with van der Waals surface area (Å²) in [6, 6.07) is -0.199. The van der Waals surface area contributed by atoms with E-state index >= 15 is 0 Å². The van der Waals surface area contributed by atoms with Crippen LogP contribution in [0.4, 0.5) is 4.79 Å². The number of rotatable bonds is 4. The van der Waals surface area contributed by atoms with E-state index in [1.165, 1.54) is 4.90 Å². The fraction of sp³-hybridized carbons (Fsp3) is 0.818. The minimum Gasteiger partial charge on any atom is -0.481 e. The second kappa shape index (κ2) is 5.18. The van der Waals surface area contributed by atoms with Gasteiger partial charge in [-0.25, -0.2) is 4.79 Å². The maximum Gasteiger partial charge on any atom is 0.317 e. The third-order valence-electron chi connectivity index (χ3n) is 3.41. The zero-order chi connectivity index (χ0) is 12.2. The third kappa shape index (κ3) is 2.65. The SMILES string of the molecule is CCN(C)C(=O)NCC1(C(=O)O)CCCC1. The lowest BCUT2D eigenvalue weighted by Gasteiger charge is -2.25. The number of urea groups is 1. The molecule has 2 amide bonds. The summed E-state index contributed by atoms with van der Waals surface area (Å²) < 4.78 is 0. The molecule has 0 radical (unpaired) electrons. The van der Waals surface area contributed by atoms with Crippen molar-refractivity contribution < 1.29 is 14.7 Å². The Kier molecular flexibility index (Phi) is 4.15. The summed E-state index contributed by atoms with van der Waals surface area (Å²) in [6.45, 7) is 2.74. The van der Waals surface area contributed by atoms with Crippen LogP contribution in [0, 0.1) is 5.41 Å². The maximum atomic E-state index is 11.5. The molecule has 16 heavy (non-hydrogen) atoms. The van der Waals surface area contributed by atoms with Crippen molar-refractivity contribution in [2.75, 3.05) is 20.1 Å². The predicted molar refractivity (Wildman–Crippen MR) is 60.2 cm³/mol. The van der Waals surface area contributed by atoms with Crippen molar-refractivity contribution >= 4 is 12.0 Å².